The lowest BCUT2D eigenvalue weighted by atomic mass is 10.1. The van der Waals surface area contributed by atoms with Gasteiger partial charge in [0.05, 0.1) is 16.3 Å². The number of aryl methyl sites for hydroxylation is 1. The fourth-order valence-corrected chi connectivity index (χ4v) is 5.38. The van der Waals surface area contributed by atoms with E-state index in [1.165, 1.54) is 25.7 Å². The van der Waals surface area contributed by atoms with Crippen LogP contribution in [0.1, 0.15) is 54.6 Å². The van der Waals surface area contributed by atoms with Crippen molar-refractivity contribution < 1.29 is 14.3 Å². The van der Waals surface area contributed by atoms with Crippen molar-refractivity contribution in [2.45, 2.75) is 51.2 Å². The highest BCUT2D eigenvalue weighted by Gasteiger charge is 2.15. The number of nitrogens with one attached hydrogen (secondary N) is 1. The Bertz CT molecular complexity index is 1250. The fraction of sp³-hybridized carbons (Fsp3) is 0.321. The molecule has 1 saturated carbocycles. The number of ether oxygens (including phenoxy) is 2. The number of thiophene rings is 1. The number of benzene rings is 2. The third-order valence-corrected chi connectivity index (χ3v) is 7.27. The number of fused-ring (bicyclic) bond motifs is 1. The third kappa shape index (κ3) is 5.28. The second-order valence-electron chi connectivity index (χ2n) is 8.90. The molecular formula is C28H30N2O3S. The number of aromatic nitrogens is 1. The predicted molar refractivity (Wildman–Crippen MR) is 138 cm³/mol. The highest BCUT2D eigenvalue weighted by Crippen LogP contribution is 2.26. The van der Waals surface area contributed by atoms with E-state index in [1.54, 1.807) is 11.3 Å². The van der Waals surface area contributed by atoms with Gasteiger partial charge in [-0.1, -0.05) is 25.0 Å². The molecule has 1 aliphatic carbocycles. The molecule has 1 N–H and O–H groups in total. The van der Waals surface area contributed by atoms with Crippen LogP contribution in [-0.2, 0) is 13.7 Å². The van der Waals surface area contributed by atoms with Gasteiger partial charge in [-0.3, -0.25) is 4.79 Å². The first-order valence-electron chi connectivity index (χ1n) is 12.0. The van der Waals surface area contributed by atoms with Crippen molar-refractivity contribution in [1.29, 1.82) is 0 Å². The number of hydrogen-bond acceptors (Lipinski definition) is 4. The summed E-state index contributed by atoms with van der Waals surface area (Å²) in [4.78, 5) is 12.8. The average molecular weight is 475 g/mol. The predicted octanol–water partition coefficient (Wildman–Crippen LogP) is 7.17. The standard InChI is InChI=1S/C28H30N2O3S/c1-30-25-15-16-34-27(25)18-26(30)28(31)29-21-8-6-7-20(17-21)19-32-22-11-13-24(14-12-22)33-23-9-4-2-3-5-10-23/h6-8,11-18,23H,2-5,9-10,19H2,1H3,(H,29,31). The van der Waals surface area contributed by atoms with E-state index < -0.39 is 0 Å². The molecule has 0 saturated heterocycles. The monoisotopic (exact) mass is 474 g/mol. The molecule has 176 valence electrons. The zero-order chi connectivity index (χ0) is 23.3. The van der Waals surface area contributed by atoms with E-state index in [9.17, 15) is 4.79 Å². The second-order valence-corrected chi connectivity index (χ2v) is 9.85. The quantitative estimate of drug-likeness (QED) is 0.289. The molecule has 1 fully saturated rings. The summed E-state index contributed by atoms with van der Waals surface area (Å²) < 4.78 is 15.2. The van der Waals surface area contributed by atoms with Crippen LogP contribution in [-0.4, -0.2) is 16.6 Å². The lowest BCUT2D eigenvalue weighted by Gasteiger charge is -2.17. The van der Waals surface area contributed by atoms with E-state index in [-0.39, 0.29) is 5.91 Å². The fourth-order valence-electron chi connectivity index (χ4n) is 4.54. The van der Waals surface area contributed by atoms with Crippen LogP contribution in [0, 0.1) is 0 Å². The van der Waals surface area contributed by atoms with Crippen molar-refractivity contribution in [3.63, 3.8) is 0 Å². The van der Waals surface area contributed by atoms with Crippen LogP contribution in [0.4, 0.5) is 5.69 Å². The Balaban J connectivity index is 1.17. The van der Waals surface area contributed by atoms with Gasteiger partial charge in [-0.2, -0.15) is 0 Å². The molecule has 2 aromatic heterocycles. The molecule has 5 rings (SSSR count). The first-order chi connectivity index (χ1) is 16.7. The maximum Gasteiger partial charge on any atom is 0.272 e. The van der Waals surface area contributed by atoms with Crippen molar-refractivity contribution >= 4 is 33.1 Å². The van der Waals surface area contributed by atoms with E-state index >= 15 is 0 Å². The van der Waals surface area contributed by atoms with Crippen molar-refractivity contribution in [2.24, 2.45) is 7.05 Å². The SMILES string of the molecule is Cn1c(C(=O)Nc2cccc(COc3ccc(OC4CCCCCC4)cc3)c2)cc2sccc21. The molecule has 0 radical (unpaired) electrons. The lowest BCUT2D eigenvalue weighted by Crippen LogP contribution is -2.15. The van der Waals surface area contributed by atoms with Gasteiger partial charge in [0.25, 0.3) is 5.91 Å². The van der Waals surface area contributed by atoms with Gasteiger partial charge in [-0.25, -0.2) is 0 Å². The van der Waals surface area contributed by atoms with Crippen LogP contribution < -0.4 is 14.8 Å². The molecule has 0 spiro atoms. The van der Waals surface area contributed by atoms with Crippen LogP contribution in [0.5, 0.6) is 11.5 Å². The van der Waals surface area contributed by atoms with Crippen LogP contribution >= 0.6 is 11.3 Å². The highest BCUT2D eigenvalue weighted by atomic mass is 32.1. The number of rotatable bonds is 7. The number of amides is 1. The molecule has 6 heteroatoms. The smallest absolute Gasteiger partial charge is 0.272 e. The molecule has 0 aliphatic heterocycles. The molecule has 5 nitrogen and oxygen atoms in total. The summed E-state index contributed by atoms with van der Waals surface area (Å²) in [6, 6.07) is 19.6. The van der Waals surface area contributed by atoms with Crippen LogP contribution in [0.25, 0.3) is 10.2 Å². The summed E-state index contributed by atoms with van der Waals surface area (Å²) in [5.41, 5.74) is 3.46. The summed E-state index contributed by atoms with van der Waals surface area (Å²) >= 11 is 1.64. The van der Waals surface area contributed by atoms with Crippen molar-refractivity contribution in [1.82, 2.24) is 4.57 Å². The maximum absolute atomic E-state index is 12.8. The Labute approximate surface area is 204 Å². The molecule has 1 amide bonds. The van der Waals surface area contributed by atoms with Crippen LogP contribution in [0.15, 0.2) is 66.0 Å². The molecular weight excluding hydrogens is 444 g/mol. The number of carbonyl (C=O) groups excluding carboxylic acids is 1. The molecule has 0 bridgehead atoms. The molecule has 2 aromatic carbocycles. The van der Waals surface area contributed by atoms with Gasteiger partial charge in [0, 0.05) is 12.7 Å². The Morgan fingerprint density at radius 1 is 1.00 bits per heavy atom. The number of hydrogen-bond donors (Lipinski definition) is 1. The van der Waals surface area contributed by atoms with E-state index in [0.717, 1.165) is 45.8 Å². The van der Waals surface area contributed by atoms with Gasteiger partial charge in [0.2, 0.25) is 0 Å². The Morgan fingerprint density at radius 2 is 1.76 bits per heavy atom. The molecule has 2 heterocycles. The summed E-state index contributed by atoms with van der Waals surface area (Å²) in [7, 11) is 1.92. The van der Waals surface area contributed by atoms with E-state index in [0.29, 0.717) is 18.4 Å². The zero-order valence-electron chi connectivity index (χ0n) is 19.5. The molecule has 1 aliphatic rings. The Morgan fingerprint density at radius 3 is 2.53 bits per heavy atom. The first kappa shape index (κ1) is 22.5. The molecule has 0 unspecified atom stereocenters. The van der Waals surface area contributed by atoms with Gasteiger partial charge in [-0.05, 0) is 85.2 Å². The summed E-state index contributed by atoms with van der Waals surface area (Å²) in [6.07, 6.45) is 7.79. The van der Waals surface area contributed by atoms with E-state index in [2.05, 4.69) is 5.32 Å². The Kier molecular flexibility index (Phi) is 6.86. The zero-order valence-corrected chi connectivity index (χ0v) is 20.3. The van der Waals surface area contributed by atoms with Crippen molar-refractivity contribution in [2.75, 3.05) is 5.32 Å². The van der Waals surface area contributed by atoms with Crippen molar-refractivity contribution in [3.8, 4) is 11.5 Å². The number of carbonyl (C=O) groups is 1. The summed E-state index contributed by atoms with van der Waals surface area (Å²) in [5.74, 6) is 1.59. The van der Waals surface area contributed by atoms with Gasteiger partial charge in [-0.15, -0.1) is 11.3 Å². The largest absolute Gasteiger partial charge is 0.490 e. The van der Waals surface area contributed by atoms with Gasteiger partial charge < -0.3 is 19.4 Å². The number of anilines is 1. The summed E-state index contributed by atoms with van der Waals surface area (Å²) in [5, 5.41) is 5.05. The first-order valence-corrected chi connectivity index (χ1v) is 12.9. The van der Waals surface area contributed by atoms with E-state index in [4.69, 9.17) is 9.47 Å². The normalized spacial score (nSPS) is 14.6. The van der Waals surface area contributed by atoms with Crippen molar-refractivity contribution in [3.05, 3.63) is 77.3 Å². The minimum Gasteiger partial charge on any atom is -0.490 e. The maximum atomic E-state index is 12.8. The van der Waals surface area contributed by atoms with Crippen LogP contribution in [0.3, 0.4) is 0 Å². The third-order valence-electron chi connectivity index (χ3n) is 6.42. The second kappa shape index (κ2) is 10.3. The number of nitrogens with zero attached hydrogens (tertiary/aromatic N) is 1. The van der Waals surface area contributed by atoms with Gasteiger partial charge >= 0.3 is 0 Å². The molecule has 0 atom stereocenters. The molecule has 4 aromatic rings. The average Bonchev–Trinajstić information content (AvgIpc) is 3.33. The van der Waals surface area contributed by atoms with Gasteiger partial charge in [0.15, 0.2) is 0 Å². The minimum atomic E-state index is -0.117. The van der Waals surface area contributed by atoms with E-state index in [1.807, 2.05) is 77.7 Å². The topological polar surface area (TPSA) is 52.5 Å². The highest BCUT2D eigenvalue weighted by molar-refractivity contribution is 7.17. The summed E-state index contributed by atoms with van der Waals surface area (Å²) in [6.45, 7) is 0.423. The van der Waals surface area contributed by atoms with Crippen LogP contribution in [0.2, 0.25) is 0 Å². The van der Waals surface area contributed by atoms with Gasteiger partial charge in [0.1, 0.15) is 23.8 Å². The lowest BCUT2D eigenvalue weighted by molar-refractivity contribution is 0.101. The molecule has 34 heavy (non-hydrogen) atoms. The Hall–Kier alpha value is -3.25. The minimum absolute atomic E-state index is 0.117.